The van der Waals surface area contributed by atoms with Crippen molar-refractivity contribution in [1.82, 2.24) is 20.2 Å². The van der Waals surface area contributed by atoms with Crippen LogP contribution in [-0.2, 0) is 7.05 Å². The summed E-state index contributed by atoms with van der Waals surface area (Å²) in [6.45, 7) is 2.76. The monoisotopic (exact) mass is 170 g/mol. The predicted octanol–water partition coefficient (Wildman–Crippen LogP) is -0.836. The fourth-order valence-electron chi connectivity index (χ4n) is 0.649. The van der Waals surface area contributed by atoms with Crippen molar-refractivity contribution in [2.75, 3.05) is 0 Å². The lowest BCUT2D eigenvalue weighted by molar-refractivity contribution is 0.0476. The Bertz CT molecular complexity index is 299. The van der Waals surface area contributed by atoms with E-state index in [-0.39, 0.29) is 5.82 Å². The maximum absolute atomic E-state index is 11.3. The summed E-state index contributed by atoms with van der Waals surface area (Å²) in [5, 5.41) is 19.9. The highest BCUT2D eigenvalue weighted by molar-refractivity contribution is 5.98. The van der Waals surface area contributed by atoms with E-state index in [1.54, 1.807) is 7.05 Å². The predicted molar refractivity (Wildman–Crippen MR) is 39.4 cm³/mol. The Labute approximate surface area is 69.2 Å². The third-order valence-corrected chi connectivity index (χ3v) is 1.27. The van der Waals surface area contributed by atoms with E-state index in [1.165, 1.54) is 18.6 Å². The molecule has 6 heteroatoms. The number of carbonyl (C=O) groups excluding carboxylic acids is 1. The van der Waals surface area contributed by atoms with Gasteiger partial charge in [-0.2, -0.15) is 4.80 Å². The van der Waals surface area contributed by atoms with Crippen LogP contribution in [0.1, 0.15) is 24.5 Å². The third kappa shape index (κ3) is 1.65. The molecule has 0 saturated carbocycles. The van der Waals surface area contributed by atoms with Gasteiger partial charge in [0.1, 0.15) is 5.60 Å². The number of carbonyl (C=O) groups is 1. The molecule has 0 atom stereocenters. The standard InChI is InChI=1S/C6H10N4O2/c1-6(2,12)4(11)5-7-9-10(3)8-5/h12H,1-3H3. The Balaban J connectivity index is 2.93. The largest absolute Gasteiger partial charge is 0.382 e. The summed E-state index contributed by atoms with van der Waals surface area (Å²) in [5.41, 5.74) is -1.44. The first-order chi connectivity index (χ1) is 5.41. The number of aliphatic hydroxyl groups is 1. The quantitative estimate of drug-likeness (QED) is 0.585. The van der Waals surface area contributed by atoms with Crippen molar-refractivity contribution >= 4 is 5.78 Å². The second kappa shape index (κ2) is 2.63. The number of rotatable bonds is 2. The molecule has 6 nitrogen and oxygen atoms in total. The highest BCUT2D eigenvalue weighted by Crippen LogP contribution is 2.07. The van der Waals surface area contributed by atoms with Crippen LogP contribution in [0.5, 0.6) is 0 Å². The van der Waals surface area contributed by atoms with Crippen molar-refractivity contribution in [3.05, 3.63) is 5.82 Å². The molecule has 0 aliphatic heterocycles. The van der Waals surface area contributed by atoms with E-state index in [2.05, 4.69) is 15.4 Å². The van der Waals surface area contributed by atoms with Gasteiger partial charge in [-0.05, 0) is 19.1 Å². The van der Waals surface area contributed by atoms with Crippen molar-refractivity contribution in [3.8, 4) is 0 Å². The van der Waals surface area contributed by atoms with Gasteiger partial charge in [-0.1, -0.05) is 0 Å². The Morgan fingerprint density at radius 3 is 2.50 bits per heavy atom. The minimum atomic E-state index is -1.44. The molecule has 0 spiro atoms. The molecule has 0 fully saturated rings. The van der Waals surface area contributed by atoms with Gasteiger partial charge in [0.25, 0.3) is 0 Å². The Hall–Kier alpha value is -1.30. The van der Waals surface area contributed by atoms with Crippen LogP contribution in [0.15, 0.2) is 0 Å². The van der Waals surface area contributed by atoms with Gasteiger partial charge in [-0.15, -0.1) is 10.2 Å². The molecule has 0 unspecified atom stereocenters. The average molecular weight is 170 g/mol. The van der Waals surface area contributed by atoms with Crippen LogP contribution in [0.3, 0.4) is 0 Å². The van der Waals surface area contributed by atoms with Gasteiger partial charge in [0, 0.05) is 0 Å². The summed E-state index contributed by atoms with van der Waals surface area (Å²) in [6.07, 6.45) is 0. The lowest BCUT2D eigenvalue weighted by Gasteiger charge is -2.11. The number of aryl methyl sites for hydroxylation is 1. The first-order valence-electron chi connectivity index (χ1n) is 3.42. The highest BCUT2D eigenvalue weighted by atomic mass is 16.3. The van der Waals surface area contributed by atoms with E-state index < -0.39 is 11.4 Å². The Morgan fingerprint density at radius 2 is 2.17 bits per heavy atom. The zero-order chi connectivity index (χ0) is 9.35. The van der Waals surface area contributed by atoms with E-state index in [0.29, 0.717) is 0 Å². The van der Waals surface area contributed by atoms with Crippen LogP contribution in [0, 0.1) is 0 Å². The molecule has 0 aromatic carbocycles. The highest BCUT2D eigenvalue weighted by Gasteiger charge is 2.28. The van der Waals surface area contributed by atoms with Gasteiger partial charge in [0.05, 0.1) is 7.05 Å². The lowest BCUT2D eigenvalue weighted by atomic mass is 10.0. The third-order valence-electron chi connectivity index (χ3n) is 1.27. The number of hydrogen-bond donors (Lipinski definition) is 1. The SMILES string of the molecule is Cn1nnc(C(=O)C(C)(C)O)n1. The number of hydrogen-bond acceptors (Lipinski definition) is 5. The molecule has 1 heterocycles. The van der Waals surface area contributed by atoms with E-state index in [4.69, 9.17) is 0 Å². The van der Waals surface area contributed by atoms with Crippen molar-refractivity contribution < 1.29 is 9.90 Å². The fourth-order valence-corrected chi connectivity index (χ4v) is 0.649. The zero-order valence-corrected chi connectivity index (χ0v) is 7.14. The number of tetrazole rings is 1. The van der Waals surface area contributed by atoms with Gasteiger partial charge in [0.15, 0.2) is 0 Å². The Kier molecular flexibility index (Phi) is 1.93. The molecule has 0 amide bonds. The van der Waals surface area contributed by atoms with Gasteiger partial charge in [-0.3, -0.25) is 4.79 Å². The molecule has 0 saturated heterocycles. The zero-order valence-electron chi connectivity index (χ0n) is 7.14. The van der Waals surface area contributed by atoms with Crippen molar-refractivity contribution in [2.24, 2.45) is 7.05 Å². The summed E-state index contributed by atoms with van der Waals surface area (Å²) in [7, 11) is 1.55. The molecule has 0 bridgehead atoms. The van der Waals surface area contributed by atoms with Gasteiger partial charge < -0.3 is 5.11 Å². The number of Topliss-reactive ketones (excluding diaryl/α,β-unsaturated/α-hetero) is 1. The van der Waals surface area contributed by atoms with Gasteiger partial charge in [-0.25, -0.2) is 0 Å². The maximum atomic E-state index is 11.3. The van der Waals surface area contributed by atoms with Crippen molar-refractivity contribution in [3.63, 3.8) is 0 Å². The van der Waals surface area contributed by atoms with Crippen LogP contribution in [-0.4, -0.2) is 36.7 Å². The first kappa shape index (κ1) is 8.79. The minimum Gasteiger partial charge on any atom is -0.382 e. The van der Waals surface area contributed by atoms with Gasteiger partial charge >= 0.3 is 0 Å². The summed E-state index contributed by atoms with van der Waals surface area (Å²) in [4.78, 5) is 12.4. The van der Waals surface area contributed by atoms with Crippen molar-refractivity contribution in [2.45, 2.75) is 19.4 Å². The minimum absolute atomic E-state index is 0.0648. The van der Waals surface area contributed by atoms with Crippen LogP contribution in [0.4, 0.5) is 0 Å². The molecular formula is C6H10N4O2. The molecular weight excluding hydrogens is 160 g/mol. The summed E-state index contributed by atoms with van der Waals surface area (Å²) < 4.78 is 0. The summed E-state index contributed by atoms with van der Waals surface area (Å²) in [6, 6.07) is 0. The molecule has 0 radical (unpaired) electrons. The van der Waals surface area contributed by atoms with E-state index in [0.717, 1.165) is 0 Å². The van der Waals surface area contributed by atoms with Crippen molar-refractivity contribution in [1.29, 1.82) is 0 Å². The molecule has 1 aromatic rings. The number of ketones is 1. The van der Waals surface area contributed by atoms with Gasteiger partial charge in [0.2, 0.25) is 11.6 Å². The normalized spacial score (nSPS) is 11.7. The summed E-state index contributed by atoms with van der Waals surface area (Å²) in [5.74, 6) is -0.597. The molecule has 1 rings (SSSR count). The number of aromatic nitrogens is 4. The molecule has 0 aliphatic rings. The first-order valence-corrected chi connectivity index (χ1v) is 3.42. The molecule has 1 aromatic heterocycles. The van der Waals surface area contributed by atoms with Crippen LogP contribution in [0.25, 0.3) is 0 Å². The molecule has 12 heavy (non-hydrogen) atoms. The van der Waals surface area contributed by atoms with E-state index >= 15 is 0 Å². The maximum Gasteiger partial charge on any atom is 0.243 e. The summed E-state index contributed by atoms with van der Waals surface area (Å²) >= 11 is 0. The smallest absolute Gasteiger partial charge is 0.243 e. The molecule has 1 N–H and O–H groups in total. The van der Waals surface area contributed by atoms with E-state index in [1.807, 2.05) is 0 Å². The topological polar surface area (TPSA) is 80.9 Å². The molecule has 66 valence electrons. The van der Waals surface area contributed by atoms with Crippen LogP contribution < -0.4 is 0 Å². The van der Waals surface area contributed by atoms with E-state index in [9.17, 15) is 9.90 Å². The van der Waals surface area contributed by atoms with Crippen LogP contribution in [0.2, 0.25) is 0 Å². The average Bonchev–Trinajstić information content (AvgIpc) is 2.32. The number of nitrogens with zero attached hydrogens (tertiary/aromatic N) is 4. The fraction of sp³-hybridized carbons (Fsp3) is 0.667. The second-order valence-corrected chi connectivity index (χ2v) is 2.99. The Morgan fingerprint density at radius 1 is 1.58 bits per heavy atom. The molecule has 0 aliphatic carbocycles. The lowest BCUT2D eigenvalue weighted by Crippen LogP contribution is -2.32. The van der Waals surface area contributed by atoms with Crippen LogP contribution >= 0.6 is 0 Å². The second-order valence-electron chi connectivity index (χ2n) is 2.99.